The molecule has 2 unspecified atom stereocenters. The Labute approximate surface area is 117 Å². The summed E-state index contributed by atoms with van der Waals surface area (Å²) >= 11 is 0. The van der Waals surface area contributed by atoms with Crippen LogP contribution in [0.1, 0.15) is 53.9 Å². The molecule has 1 amide bonds. The molecule has 1 aliphatic heterocycles. The van der Waals surface area contributed by atoms with E-state index < -0.39 is 0 Å². The minimum atomic E-state index is -0.133. The van der Waals surface area contributed by atoms with Gasteiger partial charge in [0, 0.05) is 19.2 Å². The summed E-state index contributed by atoms with van der Waals surface area (Å²) in [4.78, 5) is 12.0. The minimum absolute atomic E-state index is 0.0796. The zero-order valence-electron chi connectivity index (χ0n) is 13.1. The van der Waals surface area contributed by atoms with Gasteiger partial charge in [-0.2, -0.15) is 0 Å². The third-order valence-electron chi connectivity index (χ3n) is 3.60. The van der Waals surface area contributed by atoms with Crippen LogP contribution in [-0.4, -0.2) is 36.7 Å². The van der Waals surface area contributed by atoms with E-state index in [1.54, 1.807) is 0 Å². The Morgan fingerprint density at radius 2 is 2.05 bits per heavy atom. The molecular formula is C15H30N2O2. The predicted octanol–water partition coefficient (Wildman–Crippen LogP) is 2.08. The smallest absolute Gasteiger partial charge is 0.236 e. The zero-order valence-corrected chi connectivity index (χ0v) is 13.1. The van der Waals surface area contributed by atoms with Crippen LogP contribution in [0.15, 0.2) is 0 Å². The van der Waals surface area contributed by atoms with E-state index in [-0.39, 0.29) is 17.6 Å². The molecule has 0 aromatic carbocycles. The predicted molar refractivity (Wildman–Crippen MR) is 78.1 cm³/mol. The Balaban J connectivity index is 2.29. The Hall–Kier alpha value is -0.610. The van der Waals surface area contributed by atoms with Crippen LogP contribution in [-0.2, 0) is 9.53 Å². The molecule has 4 heteroatoms. The van der Waals surface area contributed by atoms with Crippen molar-refractivity contribution in [3.63, 3.8) is 0 Å². The lowest BCUT2D eigenvalue weighted by Crippen LogP contribution is -2.51. The number of nitrogens with one attached hydrogen (secondary N) is 2. The van der Waals surface area contributed by atoms with Gasteiger partial charge in [-0.05, 0) is 46.0 Å². The molecule has 2 atom stereocenters. The molecule has 2 N–H and O–H groups in total. The van der Waals surface area contributed by atoms with Crippen molar-refractivity contribution in [3.05, 3.63) is 0 Å². The summed E-state index contributed by atoms with van der Waals surface area (Å²) in [6, 6.07) is 0.237. The van der Waals surface area contributed by atoms with E-state index in [9.17, 15) is 4.79 Å². The second-order valence-corrected chi connectivity index (χ2v) is 6.66. The Morgan fingerprint density at radius 1 is 1.37 bits per heavy atom. The summed E-state index contributed by atoms with van der Waals surface area (Å²) in [5, 5.41) is 6.41. The number of rotatable bonds is 6. The Kier molecular flexibility index (Phi) is 6.27. The number of hydrogen-bond acceptors (Lipinski definition) is 3. The maximum absolute atomic E-state index is 12.0. The molecule has 0 spiro atoms. The fourth-order valence-electron chi connectivity index (χ4n) is 2.44. The molecule has 1 saturated heterocycles. The number of hydrogen-bond donors (Lipinski definition) is 2. The first-order chi connectivity index (χ1) is 8.80. The standard InChI is InChI=1S/C15H30N2O2/c1-11(2)6-8-16-14(18)12(3)17-13-7-9-19-15(4,5)10-13/h11-13,17H,6-10H2,1-5H3,(H,16,18). The van der Waals surface area contributed by atoms with Crippen LogP contribution in [0.2, 0.25) is 0 Å². The van der Waals surface area contributed by atoms with Crippen LogP contribution in [0.3, 0.4) is 0 Å². The van der Waals surface area contributed by atoms with Crippen LogP contribution in [0.25, 0.3) is 0 Å². The van der Waals surface area contributed by atoms with Gasteiger partial charge in [-0.3, -0.25) is 4.79 Å². The minimum Gasteiger partial charge on any atom is -0.375 e. The molecular weight excluding hydrogens is 240 g/mol. The van der Waals surface area contributed by atoms with E-state index in [0.29, 0.717) is 12.0 Å². The highest BCUT2D eigenvalue weighted by atomic mass is 16.5. The Bertz CT molecular complexity index is 290. The summed E-state index contributed by atoms with van der Waals surface area (Å²) in [5.74, 6) is 0.727. The number of carbonyl (C=O) groups excluding carboxylic acids is 1. The van der Waals surface area contributed by atoms with Crippen LogP contribution in [0.4, 0.5) is 0 Å². The second kappa shape index (κ2) is 7.25. The average molecular weight is 270 g/mol. The fourth-order valence-corrected chi connectivity index (χ4v) is 2.44. The summed E-state index contributed by atoms with van der Waals surface area (Å²) in [7, 11) is 0. The molecule has 0 saturated carbocycles. The molecule has 1 fully saturated rings. The van der Waals surface area contributed by atoms with Gasteiger partial charge >= 0.3 is 0 Å². The van der Waals surface area contributed by atoms with E-state index in [2.05, 4.69) is 38.3 Å². The lowest BCUT2D eigenvalue weighted by Gasteiger charge is -2.37. The van der Waals surface area contributed by atoms with E-state index in [1.165, 1.54) is 0 Å². The highest BCUT2D eigenvalue weighted by molar-refractivity contribution is 5.81. The molecule has 0 aliphatic carbocycles. The number of carbonyl (C=O) groups is 1. The number of ether oxygens (including phenoxy) is 1. The maximum Gasteiger partial charge on any atom is 0.236 e. The second-order valence-electron chi connectivity index (χ2n) is 6.66. The average Bonchev–Trinajstić information content (AvgIpc) is 2.26. The summed E-state index contributed by atoms with van der Waals surface area (Å²) < 4.78 is 5.69. The Morgan fingerprint density at radius 3 is 2.63 bits per heavy atom. The quantitative estimate of drug-likeness (QED) is 0.777. The molecule has 19 heavy (non-hydrogen) atoms. The third kappa shape index (κ3) is 6.39. The molecule has 0 aromatic rings. The molecule has 0 aromatic heterocycles. The molecule has 0 bridgehead atoms. The molecule has 1 heterocycles. The van der Waals surface area contributed by atoms with Crippen molar-refractivity contribution in [2.45, 2.75) is 71.6 Å². The van der Waals surface area contributed by atoms with Gasteiger partial charge in [-0.1, -0.05) is 13.8 Å². The summed E-state index contributed by atoms with van der Waals surface area (Å²) in [5.41, 5.74) is -0.0796. The lowest BCUT2D eigenvalue weighted by atomic mass is 9.93. The number of amides is 1. The van der Waals surface area contributed by atoms with Gasteiger partial charge in [-0.15, -0.1) is 0 Å². The van der Waals surface area contributed by atoms with Crippen LogP contribution >= 0.6 is 0 Å². The summed E-state index contributed by atoms with van der Waals surface area (Å²) in [6.07, 6.45) is 2.96. The topological polar surface area (TPSA) is 50.4 Å². The molecule has 112 valence electrons. The van der Waals surface area contributed by atoms with Crippen LogP contribution < -0.4 is 10.6 Å². The summed E-state index contributed by atoms with van der Waals surface area (Å²) in [6.45, 7) is 12.0. The fraction of sp³-hybridized carbons (Fsp3) is 0.933. The molecule has 1 rings (SSSR count). The van der Waals surface area contributed by atoms with Gasteiger partial charge in [0.2, 0.25) is 5.91 Å². The first-order valence-corrected chi connectivity index (χ1v) is 7.48. The van der Waals surface area contributed by atoms with Crippen molar-refractivity contribution in [2.75, 3.05) is 13.2 Å². The van der Waals surface area contributed by atoms with Crippen molar-refractivity contribution < 1.29 is 9.53 Å². The first kappa shape index (κ1) is 16.4. The highest BCUT2D eigenvalue weighted by Gasteiger charge is 2.30. The lowest BCUT2D eigenvalue weighted by molar-refractivity contribution is -0.123. The van der Waals surface area contributed by atoms with Crippen molar-refractivity contribution in [1.29, 1.82) is 0 Å². The van der Waals surface area contributed by atoms with Crippen molar-refractivity contribution in [3.8, 4) is 0 Å². The largest absolute Gasteiger partial charge is 0.375 e. The SMILES string of the molecule is CC(C)CCNC(=O)C(C)NC1CCOC(C)(C)C1. The van der Waals surface area contributed by atoms with Gasteiger partial charge in [0.15, 0.2) is 0 Å². The molecule has 1 aliphatic rings. The normalized spacial score (nSPS) is 24.2. The van der Waals surface area contributed by atoms with Gasteiger partial charge in [0.25, 0.3) is 0 Å². The molecule has 0 radical (unpaired) electrons. The first-order valence-electron chi connectivity index (χ1n) is 7.48. The van der Waals surface area contributed by atoms with Gasteiger partial charge in [-0.25, -0.2) is 0 Å². The van der Waals surface area contributed by atoms with E-state index in [4.69, 9.17) is 4.74 Å². The zero-order chi connectivity index (χ0) is 14.5. The van der Waals surface area contributed by atoms with E-state index in [0.717, 1.165) is 32.4 Å². The monoisotopic (exact) mass is 270 g/mol. The van der Waals surface area contributed by atoms with Crippen molar-refractivity contribution in [1.82, 2.24) is 10.6 Å². The highest BCUT2D eigenvalue weighted by Crippen LogP contribution is 2.24. The van der Waals surface area contributed by atoms with E-state index >= 15 is 0 Å². The van der Waals surface area contributed by atoms with Crippen molar-refractivity contribution in [2.24, 2.45) is 5.92 Å². The van der Waals surface area contributed by atoms with E-state index in [1.807, 2.05) is 6.92 Å². The van der Waals surface area contributed by atoms with Gasteiger partial charge < -0.3 is 15.4 Å². The van der Waals surface area contributed by atoms with Crippen LogP contribution in [0.5, 0.6) is 0 Å². The van der Waals surface area contributed by atoms with Crippen LogP contribution in [0, 0.1) is 5.92 Å². The van der Waals surface area contributed by atoms with Gasteiger partial charge in [0.05, 0.1) is 11.6 Å². The van der Waals surface area contributed by atoms with Crippen molar-refractivity contribution >= 4 is 5.91 Å². The maximum atomic E-state index is 12.0. The molecule has 4 nitrogen and oxygen atoms in total. The third-order valence-corrected chi connectivity index (χ3v) is 3.60. The van der Waals surface area contributed by atoms with Gasteiger partial charge in [0.1, 0.15) is 0 Å².